The summed E-state index contributed by atoms with van der Waals surface area (Å²) in [5, 5.41) is 2.35. The van der Waals surface area contributed by atoms with E-state index in [2.05, 4.69) is 25.1 Å². The van der Waals surface area contributed by atoms with Crippen LogP contribution < -0.4 is 4.74 Å². The quantitative estimate of drug-likeness (QED) is 0.568. The molecule has 0 spiro atoms. The average molecular weight is 282 g/mol. The molecule has 0 unspecified atom stereocenters. The SMILES string of the molecule is CC(=O)Oc1ccc2cc(C3CCC(C)CC3)ccc2c1. The Morgan fingerprint density at radius 3 is 2.38 bits per heavy atom. The van der Waals surface area contributed by atoms with Gasteiger partial charge in [0, 0.05) is 6.92 Å². The van der Waals surface area contributed by atoms with Crippen LogP contribution in [0.3, 0.4) is 0 Å². The van der Waals surface area contributed by atoms with E-state index in [1.54, 1.807) is 0 Å². The molecule has 1 aliphatic rings. The van der Waals surface area contributed by atoms with Crippen LogP contribution in [0.2, 0.25) is 0 Å². The molecule has 0 heterocycles. The molecule has 0 amide bonds. The predicted octanol–water partition coefficient (Wildman–Crippen LogP) is 5.06. The van der Waals surface area contributed by atoms with Crippen molar-refractivity contribution in [1.82, 2.24) is 0 Å². The van der Waals surface area contributed by atoms with Gasteiger partial charge >= 0.3 is 5.97 Å². The Hall–Kier alpha value is -1.83. The topological polar surface area (TPSA) is 26.3 Å². The number of hydrogen-bond acceptors (Lipinski definition) is 2. The third-order valence-corrected chi connectivity index (χ3v) is 4.58. The van der Waals surface area contributed by atoms with Crippen LogP contribution in [0.5, 0.6) is 5.75 Å². The summed E-state index contributed by atoms with van der Waals surface area (Å²) in [5.74, 6) is 1.93. The van der Waals surface area contributed by atoms with Gasteiger partial charge in [0.25, 0.3) is 0 Å². The van der Waals surface area contributed by atoms with Gasteiger partial charge in [0.2, 0.25) is 0 Å². The summed E-state index contributed by atoms with van der Waals surface area (Å²) < 4.78 is 5.14. The molecule has 2 nitrogen and oxygen atoms in total. The zero-order valence-electron chi connectivity index (χ0n) is 12.8. The summed E-state index contributed by atoms with van der Waals surface area (Å²) in [6.07, 6.45) is 5.29. The molecule has 2 aromatic carbocycles. The molecule has 0 radical (unpaired) electrons. The summed E-state index contributed by atoms with van der Waals surface area (Å²) in [5.41, 5.74) is 1.45. The fourth-order valence-corrected chi connectivity index (χ4v) is 3.32. The van der Waals surface area contributed by atoms with Crippen LogP contribution in [-0.4, -0.2) is 5.97 Å². The number of carbonyl (C=O) groups excluding carboxylic acids is 1. The number of ether oxygens (including phenoxy) is 1. The maximum absolute atomic E-state index is 11.0. The van der Waals surface area contributed by atoms with Gasteiger partial charge in [-0.2, -0.15) is 0 Å². The van der Waals surface area contributed by atoms with Gasteiger partial charge in [-0.1, -0.05) is 44.0 Å². The number of fused-ring (bicyclic) bond motifs is 1. The molecule has 110 valence electrons. The molecule has 3 rings (SSSR count). The number of carbonyl (C=O) groups is 1. The van der Waals surface area contributed by atoms with Crippen molar-refractivity contribution in [1.29, 1.82) is 0 Å². The molecule has 2 heteroatoms. The van der Waals surface area contributed by atoms with E-state index >= 15 is 0 Å². The van der Waals surface area contributed by atoms with Crippen molar-refractivity contribution in [3.05, 3.63) is 42.0 Å². The molecule has 2 aromatic rings. The fraction of sp³-hybridized carbons (Fsp3) is 0.421. The minimum Gasteiger partial charge on any atom is -0.427 e. The monoisotopic (exact) mass is 282 g/mol. The van der Waals surface area contributed by atoms with E-state index in [-0.39, 0.29) is 5.97 Å². The van der Waals surface area contributed by atoms with Crippen molar-refractivity contribution in [3.63, 3.8) is 0 Å². The largest absolute Gasteiger partial charge is 0.427 e. The molecule has 0 atom stereocenters. The van der Waals surface area contributed by atoms with Crippen LogP contribution in [-0.2, 0) is 4.79 Å². The normalized spacial score (nSPS) is 22.2. The smallest absolute Gasteiger partial charge is 0.308 e. The molecule has 1 saturated carbocycles. The van der Waals surface area contributed by atoms with Gasteiger partial charge in [0.05, 0.1) is 0 Å². The molecule has 1 fully saturated rings. The van der Waals surface area contributed by atoms with Crippen molar-refractivity contribution < 1.29 is 9.53 Å². The maximum atomic E-state index is 11.0. The van der Waals surface area contributed by atoms with Crippen molar-refractivity contribution in [2.45, 2.75) is 45.4 Å². The second-order valence-electron chi connectivity index (χ2n) is 6.32. The molecule has 0 saturated heterocycles. The molecule has 0 aliphatic heterocycles. The van der Waals surface area contributed by atoms with Crippen LogP contribution in [0, 0.1) is 5.92 Å². The highest BCUT2D eigenvalue weighted by atomic mass is 16.5. The number of benzene rings is 2. The lowest BCUT2D eigenvalue weighted by atomic mass is 9.79. The van der Waals surface area contributed by atoms with Gasteiger partial charge in [0.1, 0.15) is 5.75 Å². The van der Waals surface area contributed by atoms with Crippen molar-refractivity contribution in [2.75, 3.05) is 0 Å². The highest BCUT2D eigenvalue weighted by Gasteiger charge is 2.19. The Morgan fingerprint density at radius 1 is 1.00 bits per heavy atom. The standard InChI is InChI=1S/C19H22O2/c1-13-3-5-15(6-4-13)16-7-8-18-12-19(21-14(2)20)10-9-17(18)11-16/h7-13,15H,3-6H2,1-2H3. The van der Waals surface area contributed by atoms with Crippen LogP contribution >= 0.6 is 0 Å². The van der Waals surface area contributed by atoms with Crippen LogP contribution in [0.15, 0.2) is 36.4 Å². The second-order valence-corrected chi connectivity index (χ2v) is 6.32. The van der Waals surface area contributed by atoms with E-state index in [4.69, 9.17) is 4.74 Å². The number of hydrogen-bond donors (Lipinski definition) is 0. The van der Waals surface area contributed by atoms with E-state index < -0.39 is 0 Å². The lowest BCUT2D eigenvalue weighted by Gasteiger charge is -2.26. The summed E-state index contributed by atoms with van der Waals surface area (Å²) in [7, 11) is 0. The minimum absolute atomic E-state index is 0.276. The first-order valence-electron chi connectivity index (χ1n) is 7.84. The van der Waals surface area contributed by atoms with Crippen LogP contribution in [0.4, 0.5) is 0 Å². The van der Waals surface area contributed by atoms with E-state index in [0.717, 1.165) is 11.3 Å². The van der Waals surface area contributed by atoms with E-state index in [1.165, 1.54) is 43.6 Å². The molecule has 21 heavy (non-hydrogen) atoms. The van der Waals surface area contributed by atoms with E-state index in [0.29, 0.717) is 11.7 Å². The molecular formula is C19H22O2. The first-order valence-corrected chi connectivity index (χ1v) is 7.84. The summed E-state index contributed by atoms with van der Waals surface area (Å²) in [6.45, 7) is 3.78. The first-order chi connectivity index (χ1) is 10.1. The van der Waals surface area contributed by atoms with Gasteiger partial charge < -0.3 is 4.74 Å². The van der Waals surface area contributed by atoms with Gasteiger partial charge in [0.15, 0.2) is 0 Å². The summed E-state index contributed by atoms with van der Waals surface area (Å²) >= 11 is 0. The minimum atomic E-state index is -0.276. The Balaban J connectivity index is 1.85. The van der Waals surface area contributed by atoms with Gasteiger partial charge in [-0.25, -0.2) is 0 Å². The zero-order valence-corrected chi connectivity index (χ0v) is 12.8. The van der Waals surface area contributed by atoms with Gasteiger partial charge in [-0.3, -0.25) is 4.79 Å². The number of rotatable bonds is 2. The first kappa shape index (κ1) is 14.1. The Labute approximate surface area is 126 Å². The Bertz CT molecular complexity index is 652. The van der Waals surface area contributed by atoms with Crippen LogP contribution in [0.25, 0.3) is 10.8 Å². The average Bonchev–Trinajstić information content (AvgIpc) is 2.47. The Kier molecular flexibility index (Phi) is 3.96. The zero-order chi connectivity index (χ0) is 14.8. The highest BCUT2D eigenvalue weighted by Crippen LogP contribution is 2.36. The van der Waals surface area contributed by atoms with Crippen molar-refractivity contribution in [2.24, 2.45) is 5.92 Å². The molecule has 0 aromatic heterocycles. The summed E-state index contributed by atoms with van der Waals surface area (Å²) in [6, 6.07) is 12.5. The predicted molar refractivity (Wildman–Crippen MR) is 85.6 cm³/mol. The van der Waals surface area contributed by atoms with E-state index in [1.807, 2.05) is 18.2 Å². The fourth-order valence-electron chi connectivity index (χ4n) is 3.32. The Morgan fingerprint density at radius 2 is 1.67 bits per heavy atom. The third-order valence-electron chi connectivity index (χ3n) is 4.58. The molecule has 0 bridgehead atoms. The van der Waals surface area contributed by atoms with Crippen molar-refractivity contribution >= 4 is 16.7 Å². The third kappa shape index (κ3) is 3.26. The lowest BCUT2D eigenvalue weighted by molar-refractivity contribution is -0.131. The second kappa shape index (κ2) is 5.88. The highest BCUT2D eigenvalue weighted by molar-refractivity contribution is 5.85. The van der Waals surface area contributed by atoms with Crippen molar-refractivity contribution in [3.8, 4) is 5.75 Å². The number of esters is 1. The molecule has 1 aliphatic carbocycles. The van der Waals surface area contributed by atoms with Gasteiger partial charge in [-0.15, -0.1) is 0 Å². The maximum Gasteiger partial charge on any atom is 0.308 e. The summed E-state index contributed by atoms with van der Waals surface area (Å²) in [4.78, 5) is 11.0. The molecule has 0 N–H and O–H groups in total. The van der Waals surface area contributed by atoms with Crippen LogP contribution in [0.1, 0.15) is 51.0 Å². The lowest BCUT2D eigenvalue weighted by Crippen LogP contribution is -2.10. The van der Waals surface area contributed by atoms with E-state index in [9.17, 15) is 4.79 Å². The van der Waals surface area contributed by atoms with Gasteiger partial charge in [-0.05, 0) is 53.1 Å². The molecular weight excluding hydrogens is 260 g/mol.